The van der Waals surface area contributed by atoms with E-state index in [-0.39, 0.29) is 0 Å². The van der Waals surface area contributed by atoms with E-state index < -0.39 is 0 Å². The first kappa shape index (κ1) is 3.65. The molecule has 0 bridgehead atoms. The predicted molar refractivity (Wildman–Crippen MR) is 23.2 cm³/mol. The van der Waals surface area contributed by atoms with Crippen LogP contribution in [0.3, 0.4) is 0 Å². The van der Waals surface area contributed by atoms with Gasteiger partial charge in [0.15, 0.2) is 5.69 Å². The van der Waals surface area contributed by atoms with Gasteiger partial charge in [0, 0.05) is 0 Å². The molecule has 8 heavy (non-hydrogen) atoms. The molecular weight excluding hydrogens is 108 g/mol. The van der Waals surface area contributed by atoms with Gasteiger partial charge in [-0.15, -0.1) is 0 Å². The average molecular weight is 110 g/mol. The Kier molecular flexibility index (Phi) is 0.498. The molecule has 0 amide bonds. The summed E-state index contributed by atoms with van der Waals surface area (Å²) < 4.78 is 8.75. The van der Waals surface area contributed by atoms with Gasteiger partial charge in [0.1, 0.15) is 0 Å². The molecular formula is C4H2N2O2. The quantitative estimate of drug-likeness (QED) is 0.470. The zero-order valence-corrected chi connectivity index (χ0v) is 3.87. The van der Waals surface area contributed by atoms with Crippen LogP contribution in [0.1, 0.15) is 0 Å². The van der Waals surface area contributed by atoms with E-state index in [9.17, 15) is 0 Å². The highest BCUT2D eigenvalue weighted by Crippen LogP contribution is 2.16. The smallest absolute Gasteiger partial charge is 0.230 e. The lowest BCUT2D eigenvalue weighted by Gasteiger charge is -1.64. The van der Waals surface area contributed by atoms with E-state index in [4.69, 9.17) is 0 Å². The minimum atomic E-state index is 0.588. The molecule has 0 aromatic rings. The summed E-state index contributed by atoms with van der Waals surface area (Å²) in [4.78, 5) is 3.75. The molecule has 2 heterocycles. The van der Waals surface area contributed by atoms with Gasteiger partial charge in [-0.05, 0) is 5.16 Å². The van der Waals surface area contributed by atoms with Crippen LogP contribution in [-0.4, -0.2) is 10.1 Å². The molecule has 0 radical (unpaired) electrons. The summed E-state index contributed by atoms with van der Waals surface area (Å²) in [5.74, 6) is 0.588. The minimum Gasteiger partial charge on any atom is -0.263 e. The van der Waals surface area contributed by atoms with Crippen molar-refractivity contribution < 1.29 is 9.26 Å². The van der Waals surface area contributed by atoms with Crippen LogP contribution in [-0.2, 0) is 0 Å². The monoisotopic (exact) mass is 110 g/mol. The molecule has 0 aliphatic carbocycles. The van der Waals surface area contributed by atoms with Gasteiger partial charge in [-0.25, -0.2) is 0 Å². The lowest BCUT2D eigenvalue weighted by molar-refractivity contribution is 0.0164. The van der Waals surface area contributed by atoms with Gasteiger partial charge in [-0.1, -0.05) is 0 Å². The van der Waals surface area contributed by atoms with Gasteiger partial charge in [0.05, 0.1) is 12.4 Å². The number of aromatic nitrogens is 2. The third-order valence-electron chi connectivity index (χ3n) is 0.904. The topological polar surface area (TPSA) is 52.1 Å². The summed E-state index contributed by atoms with van der Waals surface area (Å²) >= 11 is 0. The maximum atomic E-state index is 4.51. The summed E-state index contributed by atoms with van der Waals surface area (Å²) in [5.41, 5.74) is 0.657. The van der Waals surface area contributed by atoms with Crippen LogP contribution < -0.4 is 0 Å². The van der Waals surface area contributed by atoms with Crippen molar-refractivity contribution in [1.29, 1.82) is 0 Å². The first-order valence-corrected chi connectivity index (χ1v) is 2.12. The Morgan fingerprint density at radius 3 is 3.25 bits per heavy atom. The van der Waals surface area contributed by atoms with Gasteiger partial charge in [-0.3, -0.25) is 9.56 Å². The maximum Gasteiger partial charge on any atom is 0.230 e. The zero-order valence-electron chi connectivity index (χ0n) is 3.87. The number of fused-ring (bicyclic) bond motifs is 1. The second-order valence-corrected chi connectivity index (χ2v) is 1.41. The van der Waals surface area contributed by atoms with Gasteiger partial charge < -0.3 is 0 Å². The highest BCUT2D eigenvalue weighted by molar-refractivity contribution is 5.49. The van der Waals surface area contributed by atoms with Crippen LogP contribution in [0.5, 0.6) is 0 Å². The van der Waals surface area contributed by atoms with Crippen LogP contribution in [0.15, 0.2) is 21.7 Å². The van der Waals surface area contributed by atoms with E-state index in [2.05, 4.69) is 19.4 Å². The minimum absolute atomic E-state index is 0.588. The van der Waals surface area contributed by atoms with E-state index in [1.54, 1.807) is 12.4 Å². The van der Waals surface area contributed by atoms with Crippen LogP contribution in [0.2, 0.25) is 0 Å². The van der Waals surface area contributed by atoms with Crippen molar-refractivity contribution >= 4 is 0 Å². The Labute approximate surface area is 44.4 Å². The molecule has 0 aromatic carbocycles. The van der Waals surface area contributed by atoms with Crippen LogP contribution in [0.25, 0.3) is 11.5 Å². The number of nitrogens with zero attached hydrogens (tertiary/aromatic N) is 2. The fraction of sp³-hybridized carbons (Fsp3) is 0. The highest BCUT2D eigenvalue weighted by Gasteiger charge is 2.08. The van der Waals surface area contributed by atoms with Gasteiger partial charge >= 0.3 is 0 Å². The van der Waals surface area contributed by atoms with Crippen molar-refractivity contribution in [3.8, 4) is 11.5 Å². The predicted octanol–water partition coefficient (Wildman–Crippen LogP) is 0.767. The van der Waals surface area contributed by atoms with E-state index in [0.717, 1.165) is 0 Å². The molecule has 0 spiro atoms. The van der Waals surface area contributed by atoms with E-state index >= 15 is 0 Å². The molecule has 2 aliphatic rings. The summed E-state index contributed by atoms with van der Waals surface area (Å²) in [6, 6.07) is 0. The van der Waals surface area contributed by atoms with E-state index in [1.165, 1.54) is 0 Å². The average Bonchev–Trinajstić information content (AvgIpc) is 2.15. The second-order valence-electron chi connectivity index (χ2n) is 1.41. The van der Waals surface area contributed by atoms with Crippen molar-refractivity contribution in [3.63, 3.8) is 0 Å². The first-order chi connectivity index (χ1) is 3.97. The SMILES string of the molecule is c1ncc2oonc1-2. The Bertz CT molecular complexity index is 203. The largest absolute Gasteiger partial charge is 0.263 e. The molecule has 0 aromatic heterocycles. The molecule has 0 fully saturated rings. The van der Waals surface area contributed by atoms with Crippen molar-refractivity contribution in [3.05, 3.63) is 12.4 Å². The Balaban J connectivity index is 2.84. The molecule has 0 saturated carbocycles. The molecule has 0 atom stereocenters. The fourth-order valence-electron chi connectivity index (χ4n) is 0.537. The third-order valence-corrected chi connectivity index (χ3v) is 0.904. The molecule has 0 N–H and O–H groups in total. The molecule has 4 nitrogen and oxygen atoms in total. The van der Waals surface area contributed by atoms with E-state index in [0.29, 0.717) is 11.5 Å². The second kappa shape index (κ2) is 1.09. The van der Waals surface area contributed by atoms with Crippen molar-refractivity contribution in [1.82, 2.24) is 10.1 Å². The normalized spacial score (nSPS) is 10.5. The summed E-state index contributed by atoms with van der Waals surface area (Å²) in [6.07, 6.45) is 3.12. The Morgan fingerprint density at radius 2 is 2.38 bits per heavy atom. The Hall–Kier alpha value is -1.32. The van der Waals surface area contributed by atoms with Crippen molar-refractivity contribution in [2.45, 2.75) is 0 Å². The number of hydrogen-bond acceptors (Lipinski definition) is 4. The van der Waals surface area contributed by atoms with Crippen molar-refractivity contribution in [2.75, 3.05) is 0 Å². The standard InChI is InChI=1S/C4H2N2O2/c1-3-4(2-5-1)7-8-6-3/h1-2H. The fourth-order valence-corrected chi connectivity index (χ4v) is 0.537. The maximum absolute atomic E-state index is 4.51. The molecule has 2 rings (SSSR count). The van der Waals surface area contributed by atoms with Gasteiger partial charge in [-0.2, -0.15) is 4.68 Å². The lowest BCUT2D eigenvalue weighted by atomic mass is 10.4. The lowest BCUT2D eigenvalue weighted by Crippen LogP contribution is -1.59. The molecule has 0 unspecified atom stereocenters. The molecule has 4 heteroatoms. The Morgan fingerprint density at radius 1 is 1.38 bits per heavy atom. The zero-order chi connectivity index (χ0) is 5.40. The summed E-state index contributed by atoms with van der Waals surface area (Å²) in [5, 5.41) is 3.47. The molecule has 0 saturated heterocycles. The summed E-state index contributed by atoms with van der Waals surface area (Å²) in [6.45, 7) is 0. The first-order valence-electron chi connectivity index (χ1n) is 2.12. The summed E-state index contributed by atoms with van der Waals surface area (Å²) in [7, 11) is 0. The molecule has 40 valence electrons. The number of rotatable bonds is 0. The van der Waals surface area contributed by atoms with Crippen molar-refractivity contribution in [2.24, 2.45) is 0 Å². The van der Waals surface area contributed by atoms with Gasteiger partial charge in [0.25, 0.3) is 0 Å². The van der Waals surface area contributed by atoms with Crippen LogP contribution in [0, 0.1) is 0 Å². The van der Waals surface area contributed by atoms with E-state index in [1.807, 2.05) is 0 Å². The number of hydrogen-bond donors (Lipinski definition) is 0. The highest BCUT2D eigenvalue weighted by atomic mass is 17.0. The van der Waals surface area contributed by atoms with Crippen LogP contribution in [0.4, 0.5) is 0 Å². The van der Waals surface area contributed by atoms with Crippen LogP contribution >= 0.6 is 0 Å². The third kappa shape index (κ3) is 0.294. The van der Waals surface area contributed by atoms with Gasteiger partial charge in [0.2, 0.25) is 5.76 Å². The molecule has 2 aliphatic heterocycles.